The molecular formula is C17H16Cl2FNO3. The fourth-order valence-electron chi connectivity index (χ4n) is 2.57. The summed E-state index contributed by atoms with van der Waals surface area (Å²) in [5.41, 5.74) is 1.22. The Morgan fingerprint density at radius 2 is 1.75 bits per heavy atom. The van der Waals surface area contributed by atoms with E-state index in [0.29, 0.717) is 17.8 Å². The van der Waals surface area contributed by atoms with Crippen LogP contribution in [0.1, 0.15) is 24.9 Å². The zero-order valence-electron chi connectivity index (χ0n) is 12.8. The van der Waals surface area contributed by atoms with Gasteiger partial charge in [-0.2, -0.15) is 0 Å². The van der Waals surface area contributed by atoms with Crippen LogP contribution in [0, 0.1) is 5.82 Å². The molecule has 0 aliphatic carbocycles. The second-order valence-corrected chi connectivity index (χ2v) is 6.02. The van der Waals surface area contributed by atoms with E-state index in [2.05, 4.69) is 0 Å². The summed E-state index contributed by atoms with van der Waals surface area (Å²) in [6, 6.07) is 8.19. The molecule has 4 nitrogen and oxygen atoms in total. The quantitative estimate of drug-likeness (QED) is 0.759. The van der Waals surface area contributed by atoms with E-state index < -0.39 is 12.0 Å². The summed E-state index contributed by atoms with van der Waals surface area (Å²) in [6.45, 7) is 2.35. The molecule has 0 heterocycles. The predicted octanol–water partition coefficient (Wildman–Crippen LogP) is 4.88. The van der Waals surface area contributed by atoms with Gasteiger partial charge in [-0.05, 0) is 48.9 Å². The average Bonchev–Trinajstić information content (AvgIpc) is 2.53. The monoisotopic (exact) mass is 371 g/mol. The van der Waals surface area contributed by atoms with E-state index in [1.54, 1.807) is 12.1 Å². The van der Waals surface area contributed by atoms with Crippen molar-refractivity contribution in [2.75, 3.05) is 11.4 Å². The number of phenolic OH excluding ortho intramolecular Hbond substituents is 1. The van der Waals surface area contributed by atoms with E-state index >= 15 is 0 Å². The molecule has 2 aromatic carbocycles. The lowest BCUT2D eigenvalue weighted by Crippen LogP contribution is -2.30. The topological polar surface area (TPSA) is 60.8 Å². The number of hydrogen-bond acceptors (Lipinski definition) is 3. The Bertz CT molecular complexity index is 714. The smallest absolute Gasteiger partial charge is 0.305 e. The molecule has 128 valence electrons. The van der Waals surface area contributed by atoms with Crippen molar-refractivity contribution < 1.29 is 19.4 Å². The summed E-state index contributed by atoms with van der Waals surface area (Å²) in [5.74, 6) is -1.62. The highest BCUT2D eigenvalue weighted by Gasteiger charge is 2.24. The van der Waals surface area contributed by atoms with Crippen molar-refractivity contribution in [3.8, 4) is 5.75 Å². The standard InChI is InChI=1S/C17H16Cl2FNO3/c1-2-21(12-5-3-11(20)4-6-12)15(9-16(22)23)10-7-13(18)17(24)14(19)8-10/h3-8,15,24H,2,9H2,1H3,(H,22,23)/t15-/m0/s1. The SMILES string of the molecule is CCN(c1ccc(F)cc1)[C@@H](CC(=O)O)c1cc(Cl)c(O)c(Cl)c1. The summed E-state index contributed by atoms with van der Waals surface area (Å²) in [4.78, 5) is 13.1. The van der Waals surface area contributed by atoms with Gasteiger partial charge >= 0.3 is 5.97 Å². The number of aliphatic carboxylic acids is 1. The molecule has 2 N–H and O–H groups in total. The van der Waals surface area contributed by atoms with E-state index in [1.807, 2.05) is 11.8 Å². The van der Waals surface area contributed by atoms with E-state index in [-0.39, 0.29) is 28.0 Å². The van der Waals surface area contributed by atoms with Gasteiger partial charge in [-0.3, -0.25) is 4.79 Å². The average molecular weight is 372 g/mol. The molecule has 0 saturated carbocycles. The molecule has 0 radical (unpaired) electrons. The van der Waals surface area contributed by atoms with Crippen LogP contribution in [0.4, 0.5) is 10.1 Å². The van der Waals surface area contributed by atoms with E-state index in [0.717, 1.165) is 0 Å². The number of benzene rings is 2. The van der Waals surface area contributed by atoms with Gasteiger partial charge in [0.1, 0.15) is 5.82 Å². The van der Waals surface area contributed by atoms with Crippen molar-refractivity contribution in [3.05, 3.63) is 57.8 Å². The van der Waals surface area contributed by atoms with E-state index in [9.17, 15) is 19.4 Å². The molecule has 0 fully saturated rings. The Labute approximate surface area is 149 Å². The summed E-state index contributed by atoms with van der Waals surface area (Å²) in [6.07, 6.45) is -0.206. The minimum atomic E-state index is -0.999. The molecule has 2 rings (SSSR count). The number of anilines is 1. The number of halogens is 3. The molecule has 0 saturated heterocycles. The third kappa shape index (κ3) is 4.10. The van der Waals surface area contributed by atoms with Gasteiger partial charge in [0.25, 0.3) is 0 Å². The zero-order chi connectivity index (χ0) is 17.9. The van der Waals surface area contributed by atoms with Gasteiger partial charge in [-0.15, -0.1) is 0 Å². The summed E-state index contributed by atoms with van der Waals surface area (Å²) >= 11 is 11.9. The lowest BCUT2D eigenvalue weighted by molar-refractivity contribution is -0.137. The number of carboxylic acid groups (broad SMARTS) is 1. The van der Waals surface area contributed by atoms with Crippen LogP contribution in [0.25, 0.3) is 0 Å². The van der Waals surface area contributed by atoms with Gasteiger partial charge in [-0.1, -0.05) is 23.2 Å². The van der Waals surface area contributed by atoms with Crippen molar-refractivity contribution >= 4 is 34.9 Å². The molecule has 24 heavy (non-hydrogen) atoms. The number of carboxylic acids is 1. The highest BCUT2D eigenvalue weighted by atomic mass is 35.5. The van der Waals surface area contributed by atoms with Gasteiger partial charge in [0.05, 0.1) is 22.5 Å². The molecule has 0 spiro atoms. The highest BCUT2D eigenvalue weighted by Crippen LogP contribution is 2.38. The maximum absolute atomic E-state index is 13.2. The zero-order valence-corrected chi connectivity index (χ0v) is 14.4. The Kier molecular flexibility index (Phi) is 5.91. The van der Waals surface area contributed by atoms with E-state index in [4.69, 9.17) is 23.2 Å². The van der Waals surface area contributed by atoms with Crippen LogP contribution in [0.3, 0.4) is 0 Å². The van der Waals surface area contributed by atoms with Crippen LogP contribution < -0.4 is 4.90 Å². The van der Waals surface area contributed by atoms with Crippen molar-refractivity contribution in [1.82, 2.24) is 0 Å². The third-order valence-corrected chi connectivity index (χ3v) is 4.24. The number of phenols is 1. The maximum atomic E-state index is 13.2. The molecule has 0 aliphatic heterocycles. The number of hydrogen-bond donors (Lipinski definition) is 2. The van der Waals surface area contributed by atoms with Crippen LogP contribution >= 0.6 is 23.2 Å². The molecule has 0 aliphatic rings. The van der Waals surface area contributed by atoms with Gasteiger partial charge in [-0.25, -0.2) is 4.39 Å². The first kappa shape index (κ1) is 18.4. The molecule has 0 unspecified atom stereocenters. The van der Waals surface area contributed by atoms with Crippen LogP contribution in [0.5, 0.6) is 5.75 Å². The first-order chi connectivity index (χ1) is 11.3. The summed E-state index contributed by atoms with van der Waals surface area (Å²) in [5, 5.41) is 19.1. The first-order valence-electron chi connectivity index (χ1n) is 7.25. The van der Waals surface area contributed by atoms with Crippen molar-refractivity contribution in [2.45, 2.75) is 19.4 Å². The summed E-state index contributed by atoms with van der Waals surface area (Å²) < 4.78 is 13.2. The Hall–Kier alpha value is -1.98. The molecular weight excluding hydrogens is 356 g/mol. The lowest BCUT2D eigenvalue weighted by atomic mass is 10.0. The highest BCUT2D eigenvalue weighted by molar-refractivity contribution is 6.37. The fraction of sp³-hybridized carbons (Fsp3) is 0.235. The number of rotatable bonds is 6. The fourth-order valence-corrected chi connectivity index (χ4v) is 3.07. The Balaban J connectivity index is 2.50. The molecule has 1 atom stereocenters. The first-order valence-corrected chi connectivity index (χ1v) is 8.01. The molecule has 0 aromatic heterocycles. The van der Waals surface area contributed by atoms with Gasteiger partial charge in [0.2, 0.25) is 0 Å². The molecule has 2 aromatic rings. The van der Waals surface area contributed by atoms with Crippen LogP contribution in [-0.4, -0.2) is 22.7 Å². The van der Waals surface area contributed by atoms with Crippen molar-refractivity contribution in [3.63, 3.8) is 0 Å². The Morgan fingerprint density at radius 3 is 2.21 bits per heavy atom. The van der Waals surface area contributed by atoms with Crippen LogP contribution in [-0.2, 0) is 4.79 Å². The minimum absolute atomic E-state index is 0.0445. The van der Waals surface area contributed by atoms with Gasteiger partial charge < -0.3 is 15.1 Å². The van der Waals surface area contributed by atoms with Crippen LogP contribution in [0.15, 0.2) is 36.4 Å². The lowest BCUT2D eigenvalue weighted by Gasteiger charge is -2.32. The van der Waals surface area contributed by atoms with Crippen molar-refractivity contribution in [2.24, 2.45) is 0 Å². The largest absolute Gasteiger partial charge is 0.505 e. The second kappa shape index (κ2) is 7.73. The molecule has 0 amide bonds. The van der Waals surface area contributed by atoms with Crippen molar-refractivity contribution in [1.29, 1.82) is 0 Å². The predicted molar refractivity (Wildman–Crippen MR) is 92.5 cm³/mol. The Morgan fingerprint density at radius 1 is 1.21 bits per heavy atom. The van der Waals surface area contributed by atoms with Gasteiger partial charge in [0, 0.05) is 12.2 Å². The third-order valence-electron chi connectivity index (χ3n) is 3.67. The number of aromatic hydroxyl groups is 1. The minimum Gasteiger partial charge on any atom is -0.505 e. The summed E-state index contributed by atoms with van der Waals surface area (Å²) in [7, 11) is 0. The number of carbonyl (C=O) groups is 1. The second-order valence-electron chi connectivity index (χ2n) is 5.21. The molecule has 0 bridgehead atoms. The van der Waals surface area contributed by atoms with E-state index in [1.165, 1.54) is 24.3 Å². The normalized spacial score (nSPS) is 12.0. The molecule has 7 heteroatoms. The maximum Gasteiger partial charge on any atom is 0.305 e. The van der Waals surface area contributed by atoms with Gasteiger partial charge in [0.15, 0.2) is 5.75 Å². The number of nitrogens with zero attached hydrogens (tertiary/aromatic N) is 1. The van der Waals surface area contributed by atoms with Crippen LogP contribution in [0.2, 0.25) is 10.0 Å².